The lowest BCUT2D eigenvalue weighted by Crippen LogP contribution is -2.17. The van der Waals surface area contributed by atoms with Crippen LogP contribution in [0.1, 0.15) is 13.8 Å². The summed E-state index contributed by atoms with van der Waals surface area (Å²) in [4.78, 5) is 7.14. The predicted molar refractivity (Wildman–Crippen MR) is 148 cm³/mol. The van der Waals surface area contributed by atoms with Crippen molar-refractivity contribution in [2.45, 2.75) is 13.8 Å². The van der Waals surface area contributed by atoms with Gasteiger partial charge in [0.05, 0.1) is 34.1 Å². The Labute approximate surface area is 210 Å². The molecule has 0 unspecified atom stereocenters. The van der Waals surface area contributed by atoms with Crippen molar-refractivity contribution in [3.63, 3.8) is 0 Å². The molecule has 6 heteroatoms. The first-order chi connectivity index (χ1) is 16.0. The highest BCUT2D eigenvalue weighted by Crippen LogP contribution is 2.51. The van der Waals surface area contributed by atoms with E-state index >= 15 is 0 Å². The van der Waals surface area contributed by atoms with E-state index in [-0.39, 0.29) is 0 Å². The summed E-state index contributed by atoms with van der Waals surface area (Å²) >= 11 is 7.07. The molecule has 0 aliphatic carbocycles. The van der Waals surface area contributed by atoms with Crippen LogP contribution in [0.4, 0.5) is 45.5 Å². The highest BCUT2D eigenvalue weighted by molar-refractivity contribution is 9.10. The first-order valence-corrected chi connectivity index (χ1v) is 12.2. The van der Waals surface area contributed by atoms with Gasteiger partial charge in [-0.25, -0.2) is 0 Å². The van der Waals surface area contributed by atoms with Gasteiger partial charge in [0.2, 0.25) is 0 Å². The minimum Gasteiger partial charge on any atom is -0.354 e. The monoisotopic (exact) mass is 560 g/mol. The molecular formula is C27H22Br2N4. The van der Waals surface area contributed by atoms with Crippen molar-refractivity contribution in [2.75, 3.05) is 15.5 Å². The highest BCUT2D eigenvalue weighted by atomic mass is 79.9. The molecule has 0 radical (unpaired) electrons. The molecule has 33 heavy (non-hydrogen) atoms. The number of fused-ring (bicyclic) bond motifs is 2. The number of hydrogen-bond donors (Lipinski definition) is 2. The van der Waals surface area contributed by atoms with Gasteiger partial charge in [0.25, 0.3) is 0 Å². The largest absolute Gasteiger partial charge is 0.354 e. The summed E-state index contributed by atoms with van der Waals surface area (Å²) in [5.41, 5.74) is 9.15. The number of benzene rings is 4. The van der Waals surface area contributed by atoms with Crippen LogP contribution in [0.3, 0.4) is 0 Å². The third kappa shape index (κ3) is 4.54. The van der Waals surface area contributed by atoms with Gasteiger partial charge in [0.15, 0.2) is 0 Å². The smallest absolute Gasteiger partial charge is 0.0886 e. The van der Waals surface area contributed by atoms with Gasteiger partial charge in [-0.3, -0.25) is 4.99 Å². The van der Waals surface area contributed by atoms with E-state index in [1.165, 1.54) is 0 Å². The standard InChI is InChI=1S/C27H22Br2N4/c1-17(2)30-24-16-27-25(15-23(24)31-20-11-7-18(28)8-12-20)32-22-5-3-4-6-26(22)33(27)21-13-9-19(29)10-14-21/h3-16,31-32H,1-2H3. The summed E-state index contributed by atoms with van der Waals surface area (Å²) in [7, 11) is 0. The summed E-state index contributed by atoms with van der Waals surface area (Å²) in [5, 5.41) is 7.17. The van der Waals surface area contributed by atoms with Crippen LogP contribution in [0.15, 0.2) is 98.9 Å². The normalized spacial score (nSPS) is 11.8. The van der Waals surface area contributed by atoms with E-state index in [4.69, 9.17) is 4.99 Å². The first-order valence-electron chi connectivity index (χ1n) is 10.6. The van der Waals surface area contributed by atoms with Crippen molar-refractivity contribution in [2.24, 2.45) is 4.99 Å². The Bertz CT molecular complexity index is 1340. The van der Waals surface area contributed by atoms with Crippen LogP contribution in [0, 0.1) is 0 Å². The number of aliphatic imine (C=N–C) groups is 1. The molecule has 164 valence electrons. The second-order valence-corrected chi connectivity index (χ2v) is 9.86. The maximum absolute atomic E-state index is 4.86. The van der Waals surface area contributed by atoms with Gasteiger partial charge >= 0.3 is 0 Å². The van der Waals surface area contributed by atoms with Gasteiger partial charge in [-0.2, -0.15) is 0 Å². The Kier molecular flexibility index (Phi) is 5.96. The number of hydrogen-bond acceptors (Lipinski definition) is 4. The number of rotatable bonds is 4. The third-order valence-corrected chi connectivity index (χ3v) is 6.38. The Morgan fingerprint density at radius 2 is 1.45 bits per heavy atom. The molecule has 1 heterocycles. The number of halogens is 2. The summed E-state index contributed by atoms with van der Waals surface area (Å²) in [6, 6.07) is 29.2. The van der Waals surface area contributed by atoms with Crippen molar-refractivity contribution in [1.29, 1.82) is 0 Å². The zero-order chi connectivity index (χ0) is 22.9. The van der Waals surface area contributed by atoms with Crippen molar-refractivity contribution < 1.29 is 0 Å². The molecule has 4 nitrogen and oxygen atoms in total. The van der Waals surface area contributed by atoms with Crippen LogP contribution in [-0.4, -0.2) is 5.71 Å². The summed E-state index contributed by atoms with van der Waals surface area (Å²) in [5.74, 6) is 0. The Hall–Kier alpha value is -3.09. The van der Waals surface area contributed by atoms with Gasteiger partial charge in [-0.1, -0.05) is 44.0 Å². The summed E-state index contributed by atoms with van der Waals surface area (Å²) in [6.45, 7) is 4.03. The number of anilines is 7. The van der Waals surface area contributed by atoms with Crippen molar-refractivity contribution in [3.05, 3.63) is 93.9 Å². The lowest BCUT2D eigenvalue weighted by atomic mass is 10.1. The van der Waals surface area contributed by atoms with Crippen molar-refractivity contribution >= 4 is 83.1 Å². The van der Waals surface area contributed by atoms with E-state index in [1.807, 2.05) is 38.1 Å². The maximum atomic E-state index is 4.86. The van der Waals surface area contributed by atoms with Gasteiger partial charge < -0.3 is 15.5 Å². The average molecular weight is 562 g/mol. The lowest BCUT2D eigenvalue weighted by Gasteiger charge is -2.34. The minimum absolute atomic E-state index is 0.889. The van der Waals surface area contributed by atoms with E-state index in [1.54, 1.807) is 0 Å². The average Bonchev–Trinajstić information content (AvgIpc) is 2.80. The number of para-hydroxylation sites is 2. The quantitative estimate of drug-likeness (QED) is 0.214. The van der Waals surface area contributed by atoms with Crippen molar-refractivity contribution in [1.82, 2.24) is 0 Å². The molecule has 5 rings (SSSR count). The molecule has 4 aromatic rings. The fourth-order valence-electron chi connectivity index (χ4n) is 3.90. The lowest BCUT2D eigenvalue weighted by molar-refractivity contribution is 1.24. The van der Waals surface area contributed by atoms with Crippen LogP contribution in [-0.2, 0) is 0 Å². The Morgan fingerprint density at radius 3 is 2.15 bits per heavy atom. The molecule has 1 aliphatic rings. The molecule has 2 N–H and O–H groups in total. The molecule has 0 amide bonds. The zero-order valence-corrected chi connectivity index (χ0v) is 21.4. The van der Waals surface area contributed by atoms with E-state index in [9.17, 15) is 0 Å². The topological polar surface area (TPSA) is 39.7 Å². The van der Waals surface area contributed by atoms with Gasteiger partial charge in [0, 0.05) is 26.0 Å². The van der Waals surface area contributed by atoms with E-state index in [0.29, 0.717) is 0 Å². The fourth-order valence-corrected chi connectivity index (χ4v) is 4.43. The highest BCUT2D eigenvalue weighted by Gasteiger charge is 2.25. The molecule has 0 fully saturated rings. The third-order valence-electron chi connectivity index (χ3n) is 5.32. The SMILES string of the molecule is CC(C)=Nc1cc2c(cc1Nc1ccc(Br)cc1)Nc1ccccc1N2c1ccc(Br)cc1. The Balaban J connectivity index is 1.68. The zero-order valence-electron chi connectivity index (χ0n) is 18.2. The van der Waals surface area contributed by atoms with Gasteiger partial charge in [0.1, 0.15) is 0 Å². The molecular weight excluding hydrogens is 540 g/mol. The van der Waals surface area contributed by atoms with Gasteiger partial charge in [-0.05, 0) is 86.6 Å². The molecule has 4 aromatic carbocycles. The van der Waals surface area contributed by atoms with Crippen molar-refractivity contribution in [3.8, 4) is 0 Å². The maximum Gasteiger partial charge on any atom is 0.0886 e. The summed E-state index contributed by atoms with van der Waals surface area (Å²) < 4.78 is 2.10. The number of nitrogens with one attached hydrogen (secondary N) is 2. The fraction of sp³-hybridized carbons (Fsp3) is 0.0741. The number of nitrogens with zero attached hydrogens (tertiary/aromatic N) is 2. The molecule has 1 aliphatic heterocycles. The van der Waals surface area contributed by atoms with E-state index < -0.39 is 0 Å². The van der Waals surface area contributed by atoms with Crippen LogP contribution in [0.2, 0.25) is 0 Å². The predicted octanol–water partition coefficient (Wildman–Crippen LogP) is 9.59. The van der Waals surface area contributed by atoms with Gasteiger partial charge in [-0.15, -0.1) is 0 Å². The van der Waals surface area contributed by atoms with Crippen LogP contribution < -0.4 is 15.5 Å². The van der Waals surface area contributed by atoms with Crippen LogP contribution >= 0.6 is 31.9 Å². The van der Waals surface area contributed by atoms with Crippen LogP contribution in [0.5, 0.6) is 0 Å². The molecule has 0 spiro atoms. The molecule has 0 saturated carbocycles. The molecule has 0 atom stereocenters. The van der Waals surface area contributed by atoms with E-state index in [0.717, 1.165) is 60.2 Å². The molecule has 0 aromatic heterocycles. The Morgan fingerprint density at radius 1 is 0.788 bits per heavy atom. The second kappa shape index (κ2) is 9.04. The first kappa shape index (κ1) is 21.7. The van der Waals surface area contributed by atoms with E-state index in [2.05, 4.69) is 108 Å². The summed E-state index contributed by atoms with van der Waals surface area (Å²) in [6.07, 6.45) is 0. The minimum atomic E-state index is 0.889. The molecule has 0 bridgehead atoms. The van der Waals surface area contributed by atoms with Crippen LogP contribution in [0.25, 0.3) is 0 Å². The second-order valence-electron chi connectivity index (χ2n) is 8.03. The molecule has 0 saturated heterocycles.